The van der Waals surface area contributed by atoms with E-state index in [0.29, 0.717) is 5.92 Å². The van der Waals surface area contributed by atoms with Crippen LogP contribution in [0.25, 0.3) is 0 Å². The van der Waals surface area contributed by atoms with E-state index in [1.807, 2.05) is 0 Å². The number of likely N-dealkylation sites (tertiary alicyclic amines) is 1. The van der Waals surface area contributed by atoms with Gasteiger partial charge >= 0.3 is 0 Å². The normalized spacial score (nSPS) is 34.1. The summed E-state index contributed by atoms with van der Waals surface area (Å²) in [5.41, 5.74) is 0. The van der Waals surface area contributed by atoms with Crippen LogP contribution in [0.15, 0.2) is 0 Å². The van der Waals surface area contributed by atoms with Crippen LogP contribution in [0.5, 0.6) is 0 Å². The van der Waals surface area contributed by atoms with E-state index in [0.717, 1.165) is 32.1 Å². The second-order valence-electron chi connectivity index (χ2n) is 5.34. The van der Waals surface area contributed by atoms with Crippen molar-refractivity contribution in [2.45, 2.75) is 38.7 Å². The highest BCUT2D eigenvalue weighted by atomic mass is 16.5. The molecule has 0 aliphatic carbocycles. The van der Waals surface area contributed by atoms with Crippen LogP contribution in [0.2, 0.25) is 0 Å². The van der Waals surface area contributed by atoms with Gasteiger partial charge in [0.25, 0.3) is 0 Å². The molecule has 0 radical (unpaired) electrons. The number of piperidine rings is 1. The van der Waals surface area contributed by atoms with Gasteiger partial charge in [-0.05, 0) is 38.3 Å². The van der Waals surface area contributed by atoms with Gasteiger partial charge in [-0.15, -0.1) is 0 Å². The topological polar surface area (TPSA) is 32.7 Å². The highest BCUT2D eigenvalue weighted by molar-refractivity contribution is 4.79. The molecule has 0 aromatic carbocycles. The molecule has 2 atom stereocenters. The first kappa shape index (κ1) is 12.3. The number of aliphatic hydroxyl groups is 1. The fraction of sp³-hybridized carbons (Fsp3) is 1.00. The van der Waals surface area contributed by atoms with E-state index in [2.05, 4.69) is 11.8 Å². The van der Waals surface area contributed by atoms with Gasteiger partial charge in [-0.2, -0.15) is 0 Å². The molecule has 2 heterocycles. The SMILES string of the molecule is CCC1CCN(CC2COCCC2O)CC1. The van der Waals surface area contributed by atoms with E-state index in [1.54, 1.807) is 0 Å². The summed E-state index contributed by atoms with van der Waals surface area (Å²) in [6.07, 6.45) is 4.66. The highest BCUT2D eigenvalue weighted by Gasteiger charge is 2.27. The molecule has 2 rings (SSSR count). The third-order valence-electron chi connectivity index (χ3n) is 4.21. The molecular formula is C13H25NO2. The van der Waals surface area contributed by atoms with Gasteiger partial charge in [0.1, 0.15) is 0 Å². The molecule has 2 aliphatic rings. The van der Waals surface area contributed by atoms with Crippen LogP contribution < -0.4 is 0 Å². The Hall–Kier alpha value is -0.120. The molecule has 0 saturated carbocycles. The molecule has 94 valence electrons. The third kappa shape index (κ3) is 3.19. The first-order valence-corrected chi connectivity index (χ1v) is 6.77. The van der Waals surface area contributed by atoms with Crippen molar-refractivity contribution in [3.63, 3.8) is 0 Å². The minimum Gasteiger partial charge on any atom is -0.393 e. The van der Waals surface area contributed by atoms with Gasteiger partial charge in [-0.25, -0.2) is 0 Å². The lowest BCUT2D eigenvalue weighted by Crippen LogP contribution is -2.43. The molecule has 0 amide bonds. The van der Waals surface area contributed by atoms with Crippen LogP contribution in [-0.4, -0.2) is 49.0 Å². The molecule has 2 fully saturated rings. The Kier molecular flexibility index (Phi) is 4.62. The van der Waals surface area contributed by atoms with Crippen molar-refractivity contribution in [1.82, 2.24) is 4.90 Å². The van der Waals surface area contributed by atoms with Crippen molar-refractivity contribution in [3.8, 4) is 0 Å². The van der Waals surface area contributed by atoms with E-state index in [-0.39, 0.29) is 6.10 Å². The largest absolute Gasteiger partial charge is 0.393 e. The van der Waals surface area contributed by atoms with Gasteiger partial charge in [0.2, 0.25) is 0 Å². The maximum absolute atomic E-state index is 9.89. The van der Waals surface area contributed by atoms with E-state index in [1.165, 1.54) is 32.4 Å². The molecule has 16 heavy (non-hydrogen) atoms. The molecule has 3 nitrogen and oxygen atoms in total. The van der Waals surface area contributed by atoms with Gasteiger partial charge in [0.15, 0.2) is 0 Å². The van der Waals surface area contributed by atoms with E-state index >= 15 is 0 Å². The van der Waals surface area contributed by atoms with Gasteiger partial charge < -0.3 is 14.7 Å². The lowest BCUT2D eigenvalue weighted by molar-refractivity contribution is -0.0491. The molecule has 2 unspecified atom stereocenters. The van der Waals surface area contributed by atoms with E-state index in [4.69, 9.17) is 4.74 Å². The number of ether oxygens (including phenoxy) is 1. The van der Waals surface area contributed by atoms with Crippen molar-refractivity contribution < 1.29 is 9.84 Å². The zero-order valence-electron chi connectivity index (χ0n) is 10.4. The van der Waals surface area contributed by atoms with E-state index < -0.39 is 0 Å². The number of hydrogen-bond acceptors (Lipinski definition) is 3. The van der Waals surface area contributed by atoms with Crippen LogP contribution in [-0.2, 0) is 4.74 Å². The summed E-state index contributed by atoms with van der Waals surface area (Å²) in [5, 5.41) is 9.89. The van der Waals surface area contributed by atoms with Gasteiger partial charge in [-0.1, -0.05) is 13.3 Å². The van der Waals surface area contributed by atoms with Gasteiger partial charge in [0, 0.05) is 19.1 Å². The Morgan fingerprint density at radius 1 is 1.25 bits per heavy atom. The Morgan fingerprint density at radius 3 is 2.62 bits per heavy atom. The lowest BCUT2D eigenvalue weighted by Gasteiger charge is -2.36. The second-order valence-corrected chi connectivity index (χ2v) is 5.34. The predicted molar refractivity (Wildman–Crippen MR) is 64.4 cm³/mol. The third-order valence-corrected chi connectivity index (χ3v) is 4.21. The molecule has 2 saturated heterocycles. The van der Waals surface area contributed by atoms with E-state index in [9.17, 15) is 5.11 Å². The molecule has 2 aliphatic heterocycles. The molecule has 0 spiro atoms. The Morgan fingerprint density at radius 2 is 2.00 bits per heavy atom. The zero-order chi connectivity index (χ0) is 11.4. The van der Waals surface area contributed by atoms with Crippen LogP contribution in [0.4, 0.5) is 0 Å². The van der Waals surface area contributed by atoms with Crippen LogP contribution in [0.1, 0.15) is 32.6 Å². The minimum absolute atomic E-state index is 0.141. The lowest BCUT2D eigenvalue weighted by atomic mass is 9.92. The Labute approximate surface area is 98.8 Å². The first-order valence-electron chi connectivity index (χ1n) is 6.77. The molecule has 0 aromatic heterocycles. The Balaban J connectivity index is 1.73. The average Bonchev–Trinajstić information content (AvgIpc) is 2.33. The van der Waals surface area contributed by atoms with Crippen molar-refractivity contribution in [1.29, 1.82) is 0 Å². The quantitative estimate of drug-likeness (QED) is 0.793. The summed E-state index contributed by atoms with van der Waals surface area (Å²) in [5.74, 6) is 1.27. The maximum atomic E-state index is 9.89. The number of nitrogens with zero attached hydrogens (tertiary/aromatic N) is 1. The second kappa shape index (κ2) is 5.99. The summed E-state index contributed by atoms with van der Waals surface area (Å²) in [4.78, 5) is 2.51. The van der Waals surface area contributed by atoms with Crippen LogP contribution in [0, 0.1) is 11.8 Å². The van der Waals surface area contributed by atoms with Crippen molar-refractivity contribution in [2.75, 3.05) is 32.8 Å². The summed E-state index contributed by atoms with van der Waals surface area (Å²) in [6.45, 7) is 7.21. The molecular weight excluding hydrogens is 202 g/mol. The summed E-state index contributed by atoms with van der Waals surface area (Å²) in [7, 11) is 0. The summed E-state index contributed by atoms with van der Waals surface area (Å²) >= 11 is 0. The highest BCUT2D eigenvalue weighted by Crippen LogP contribution is 2.22. The molecule has 0 bridgehead atoms. The van der Waals surface area contributed by atoms with Crippen molar-refractivity contribution in [2.24, 2.45) is 11.8 Å². The smallest absolute Gasteiger partial charge is 0.0624 e. The number of aliphatic hydroxyl groups excluding tert-OH is 1. The fourth-order valence-electron chi connectivity index (χ4n) is 2.87. The van der Waals surface area contributed by atoms with Crippen LogP contribution in [0.3, 0.4) is 0 Å². The van der Waals surface area contributed by atoms with Crippen molar-refractivity contribution >= 4 is 0 Å². The van der Waals surface area contributed by atoms with Crippen LogP contribution >= 0.6 is 0 Å². The number of rotatable bonds is 3. The monoisotopic (exact) mass is 227 g/mol. The molecule has 1 N–H and O–H groups in total. The van der Waals surface area contributed by atoms with Gasteiger partial charge in [-0.3, -0.25) is 0 Å². The standard InChI is InChI=1S/C13H25NO2/c1-2-11-3-6-14(7-4-11)9-12-10-16-8-5-13(12)15/h11-13,15H,2-10H2,1H3. The summed E-state index contributed by atoms with van der Waals surface area (Å²) < 4.78 is 5.45. The van der Waals surface area contributed by atoms with Crippen molar-refractivity contribution in [3.05, 3.63) is 0 Å². The summed E-state index contributed by atoms with van der Waals surface area (Å²) in [6, 6.07) is 0. The average molecular weight is 227 g/mol. The number of hydrogen-bond donors (Lipinski definition) is 1. The zero-order valence-corrected chi connectivity index (χ0v) is 10.4. The fourth-order valence-corrected chi connectivity index (χ4v) is 2.87. The van der Waals surface area contributed by atoms with Gasteiger partial charge in [0.05, 0.1) is 12.7 Å². The molecule has 0 aromatic rings. The maximum Gasteiger partial charge on any atom is 0.0624 e. The predicted octanol–water partition coefficient (Wildman–Crippen LogP) is 1.51. The Bertz CT molecular complexity index is 202. The first-order chi connectivity index (χ1) is 7.79. The molecule has 3 heteroatoms. The minimum atomic E-state index is -0.141.